The monoisotopic (exact) mass is 398 g/mol. The zero-order chi connectivity index (χ0) is 19.0. The number of nitrogens with zero attached hydrogens (tertiary/aromatic N) is 3. The zero-order valence-corrected chi connectivity index (χ0v) is 16.6. The fraction of sp³-hybridized carbons (Fsp3) is 0.250. The summed E-state index contributed by atoms with van der Waals surface area (Å²) in [5.74, 6) is 0.969. The zero-order valence-electron chi connectivity index (χ0n) is 15.1. The number of halogens is 1. The summed E-state index contributed by atoms with van der Waals surface area (Å²) in [4.78, 5) is 12.3. The number of nitrogens with one attached hydrogen (secondary N) is 1. The van der Waals surface area contributed by atoms with E-state index in [9.17, 15) is 4.79 Å². The Morgan fingerprint density at radius 2 is 1.93 bits per heavy atom. The topological polar surface area (TPSA) is 59.8 Å². The van der Waals surface area contributed by atoms with Crippen LogP contribution in [0.25, 0.3) is 11.4 Å². The molecule has 0 bridgehead atoms. The third-order valence-electron chi connectivity index (χ3n) is 4.60. The van der Waals surface area contributed by atoms with Crippen LogP contribution >= 0.6 is 23.4 Å². The highest BCUT2D eigenvalue weighted by Gasteiger charge is 2.34. The van der Waals surface area contributed by atoms with Crippen LogP contribution in [-0.2, 0) is 16.8 Å². The summed E-state index contributed by atoms with van der Waals surface area (Å²) < 4.78 is 2.14. The first-order valence-corrected chi connectivity index (χ1v) is 10.0. The lowest BCUT2D eigenvalue weighted by Gasteiger charge is -2.34. The number of carbonyl (C=O) groups excluding carboxylic acids is 1. The Morgan fingerprint density at radius 3 is 2.74 bits per heavy atom. The van der Waals surface area contributed by atoms with E-state index < -0.39 is 0 Å². The molecule has 1 aliphatic heterocycles. The van der Waals surface area contributed by atoms with Crippen molar-refractivity contribution < 1.29 is 4.79 Å². The van der Waals surface area contributed by atoms with Crippen molar-refractivity contribution in [2.45, 2.75) is 31.0 Å². The summed E-state index contributed by atoms with van der Waals surface area (Å²) >= 11 is 7.49. The summed E-state index contributed by atoms with van der Waals surface area (Å²) in [6, 6.07) is 15.5. The van der Waals surface area contributed by atoms with Crippen LogP contribution in [0.15, 0.2) is 53.7 Å². The summed E-state index contributed by atoms with van der Waals surface area (Å²) in [6.07, 6.45) is 0.896. The number of hydrogen-bond acceptors (Lipinski definition) is 4. The summed E-state index contributed by atoms with van der Waals surface area (Å²) in [5, 5.41) is 12.9. The number of anilines is 1. The quantitative estimate of drug-likeness (QED) is 0.651. The van der Waals surface area contributed by atoms with E-state index in [0.29, 0.717) is 10.7 Å². The molecule has 2 heterocycles. The molecule has 1 amide bonds. The van der Waals surface area contributed by atoms with Crippen LogP contribution in [0.3, 0.4) is 0 Å². The SMILES string of the molecule is CC1(C)Cc2ccccc2-c2nnc(SCC(=O)Nc3ccccc3Cl)n21. The molecule has 1 aliphatic rings. The second-order valence-corrected chi connectivity index (χ2v) is 8.45. The van der Waals surface area contributed by atoms with Gasteiger partial charge in [0.2, 0.25) is 5.91 Å². The van der Waals surface area contributed by atoms with Gasteiger partial charge in [0.25, 0.3) is 0 Å². The second kappa shape index (κ2) is 7.02. The van der Waals surface area contributed by atoms with Crippen LogP contribution in [0.2, 0.25) is 5.02 Å². The van der Waals surface area contributed by atoms with Crippen molar-refractivity contribution in [1.29, 1.82) is 0 Å². The molecule has 0 radical (unpaired) electrons. The van der Waals surface area contributed by atoms with Crippen molar-refractivity contribution in [2.75, 3.05) is 11.1 Å². The molecule has 3 aromatic rings. The predicted octanol–water partition coefficient (Wildman–Crippen LogP) is 4.62. The third kappa shape index (κ3) is 3.47. The van der Waals surface area contributed by atoms with Gasteiger partial charge in [-0.2, -0.15) is 0 Å². The summed E-state index contributed by atoms with van der Waals surface area (Å²) in [6.45, 7) is 4.34. The van der Waals surface area contributed by atoms with E-state index in [1.54, 1.807) is 12.1 Å². The highest BCUT2D eigenvalue weighted by molar-refractivity contribution is 7.99. The van der Waals surface area contributed by atoms with Crippen molar-refractivity contribution in [2.24, 2.45) is 0 Å². The number of aromatic nitrogens is 3. The molecular weight excluding hydrogens is 380 g/mol. The molecule has 0 fully saturated rings. The molecule has 2 aromatic carbocycles. The molecule has 27 heavy (non-hydrogen) atoms. The van der Waals surface area contributed by atoms with Crippen molar-refractivity contribution in [3.8, 4) is 11.4 Å². The van der Waals surface area contributed by atoms with Crippen LogP contribution in [0.5, 0.6) is 0 Å². The molecule has 138 valence electrons. The Bertz CT molecular complexity index is 1010. The van der Waals surface area contributed by atoms with Gasteiger partial charge in [0.15, 0.2) is 11.0 Å². The lowest BCUT2D eigenvalue weighted by atomic mass is 9.87. The molecule has 0 saturated heterocycles. The molecule has 0 spiro atoms. The number of carbonyl (C=O) groups is 1. The largest absolute Gasteiger partial charge is 0.324 e. The minimum Gasteiger partial charge on any atom is -0.324 e. The van der Waals surface area contributed by atoms with Crippen molar-refractivity contribution >= 4 is 35.0 Å². The summed E-state index contributed by atoms with van der Waals surface area (Å²) in [5.41, 5.74) is 2.84. The molecular formula is C20H19ClN4OS. The fourth-order valence-electron chi connectivity index (χ4n) is 3.40. The Kier molecular flexibility index (Phi) is 4.70. The average Bonchev–Trinajstić information content (AvgIpc) is 3.07. The van der Waals surface area contributed by atoms with Gasteiger partial charge in [0, 0.05) is 11.1 Å². The number of amides is 1. The Labute approximate surface area is 167 Å². The van der Waals surface area contributed by atoms with E-state index in [0.717, 1.165) is 23.0 Å². The molecule has 0 atom stereocenters. The average molecular weight is 399 g/mol. The van der Waals surface area contributed by atoms with E-state index in [4.69, 9.17) is 11.6 Å². The van der Waals surface area contributed by atoms with Gasteiger partial charge in [-0.1, -0.05) is 59.8 Å². The lowest BCUT2D eigenvalue weighted by molar-refractivity contribution is -0.113. The Balaban J connectivity index is 1.54. The Hall–Kier alpha value is -2.31. The van der Waals surface area contributed by atoms with Gasteiger partial charge < -0.3 is 5.32 Å². The van der Waals surface area contributed by atoms with Gasteiger partial charge in [-0.05, 0) is 38.0 Å². The number of para-hydroxylation sites is 1. The van der Waals surface area contributed by atoms with Gasteiger partial charge in [0.1, 0.15) is 0 Å². The molecule has 5 nitrogen and oxygen atoms in total. The van der Waals surface area contributed by atoms with Gasteiger partial charge in [-0.15, -0.1) is 10.2 Å². The maximum absolute atomic E-state index is 12.3. The molecule has 0 saturated carbocycles. The normalized spacial score (nSPS) is 14.3. The first-order valence-electron chi connectivity index (χ1n) is 8.67. The molecule has 4 rings (SSSR count). The van der Waals surface area contributed by atoms with Gasteiger partial charge in [-0.25, -0.2) is 0 Å². The van der Waals surface area contributed by atoms with Crippen LogP contribution in [0.4, 0.5) is 5.69 Å². The maximum Gasteiger partial charge on any atom is 0.234 e. The lowest BCUT2D eigenvalue weighted by Crippen LogP contribution is -2.33. The summed E-state index contributed by atoms with van der Waals surface area (Å²) in [7, 11) is 0. The van der Waals surface area contributed by atoms with Crippen molar-refractivity contribution in [3.05, 3.63) is 59.1 Å². The molecule has 1 N–H and O–H groups in total. The number of fused-ring (bicyclic) bond motifs is 3. The predicted molar refractivity (Wildman–Crippen MR) is 109 cm³/mol. The first kappa shape index (κ1) is 18.1. The maximum atomic E-state index is 12.3. The van der Waals surface area contributed by atoms with E-state index in [1.807, 2.05) is 18.2 Å². The third-order valence-corrected chi connectivity index (χ3v) is 5.86. The highest BCUT2D eigenvalue weighted by Crippen LogP contribution is 2.39. The molecule has 1 aromatic heterocycles. The van der Waals surface area contributed by atoms with Gasteiger partial charge >= 0.3 is 0 Å². The Morgan fingerprint density at radius 1 is 1.19 bits per heavy atom. The first-order chi connectivity index (χ1) is 13.0. The van der Waals surface area contributed by atoms with Crippen molar-refractivity contribution in [1.82, 2.24) is 14.8 Å². The molecule has 7 heteroatoms. The number of rotatable bonds is 4. The number of benzene rings is 2. The fourth-order valence-corrected chi connectivity index (χ4v) is 4.48. The van der Waals surface area contributed by atoms with Gasteiger partial charge in [0.05, 0.1) is 16.5 Å². The van der Waals surface area contributed by atoms with Crippen LogP contribution in [0, 0.1) is 0 Å². The van der Waals surface area contributed by atoms with E-state index >= 15 is 0 Å². The van der Waals surface area contributed by atoms with E-state index in [2.05, 4.69) is 52.1 Å². The minimum absolute atomic E-state index is 0.125. The standard InChI is InChI=1S/C20H19ClN4OS/c1-20(2)11-13-7-3-4-8-14(13)18-23-24-19(25(18)20)27-12-17(26)22-16-10-6-5-9-15(16)21/h3-10H,11-12H2,1-2H3,(H,22,26). The molecule has 0 unspecified atom stereocenters. The van der Waals surface area contributed by atoms with Crippen LogP contribution in [-0.4, -0.2) is 26.4 Å². The van der Waals surface area contributed by atoms with Crippen molar-refractivity contribution in [3.63, 3.8) is 0 Å². The number of thioether (sulfide) groups is 1. The van der Waals surface area contributed by atoms with E-state index in [-0.39, 0.29) is 17.2 Å². The second-order valence-electron chi connectivity index (χ2n) is 7.10. The smallest absolute Gasteiger partial charge is 0.234 e. The van der Waals surface area contributed by atoms with Crippen LogP contribution in [0.1, 0.15) is 19.4 Å². The minimum atomic E-state index is -0.158. The number of hydrogen-bond donors (Lipinski definition) is 1. The highest BCUT2D eigenvalue weighted by atomic mass is 35.5. The van der Waals surface area contributed by atoms with Crippen LogP contribution < -0.4 is 5.32 Å². The van der Waals surface area contributed by atoms with E-state index in [1.165, 1.54) is 17.3 Å². The molecule has 0 aliphatic carbocycles. The van der Waals surface area contributed by atoms with Gasteiger partial charge in [-0.3, -0.25) is 9.36 Å².